The van der Waals surface area contributed by atoms with Crippen molar-refractivity contribution in [1.82, 2.24) is 14.8 Å². The molecule has 38 heavy (non-hydrogen) atoms. The molecule has 1 N–H and O–H groups in total. The Kier molecular flexibility index (Phi) is 5.87. The number of para-hydroxylation sites is 1. The van der Waals surface area contributed by atoms with Gasteiger partial charge in [-0.15, -0.1) is 0 Å². The summed E-state index contributed by atoms with van der Waals surface area (Å²) in [6.07, 6.45) is 0.430. The zero-order valence-corrected chi connectivity index (χ0v) is 21.1. The van der Waals surface area contributed by atoms with Gasteiger partial charge < -0.3 is 24.3 Å². The van der Waals surface area contributed by atoms with Crippen LogP contribution < -0.4 is 4.74 Å². The number of amides is 2. The Labute approximate surface area is 219 Å². The summed E-state index contributed by atoms with van der Waals surface area (Å²) in [4.78, 5) is 46.5. The molecular weight excluding hydrogens is 482 g/mol. The van der Waals surface area contributed by atoms with Crippen LogP contribution in [0.4, 0.5) is 0 Å². The molecular formula is C30H27N3O5. The molecule has 192 valence electrons. The lowest BCUT2D eigenvalue weighted by Crippen LogP contribution is -2.62. The maximum Gasteiger partial charge on any atom is 0.337 e. The zero-order valence-electron chi connectivity index (χ0n) is 21.1. The molecule has 6 rings (SSSR count). The van der Waals surface area contributed by atoms with Gasteiger partial charge in [-0.1, -0.05) is 42.5 Å². The summed E-state index contributed by atoms with van der Waals surface area (Å²) in [6.45, 7) is 0.339. The molecule has 0 spiro atoms. The standard InChI is InChI=1S/C30H27N3O5/c1-37-21-13-7-18(8-14-21)16-32-17-26(34)33-25(29(32)35)15-23-22-5-3-4-6-24(22)31-27(23)28(33)19-9-11-20(12-10-19)30(36)38-2/h3-14,25,28,31H,15-17H2,1-2H3/t25-,28+/m0/s1. The van der Waals surface area contributed by atoms with Crippen molar-refractivity contribution in [3.63, 3.8) is 0 Å². The number of hydrogen-bond donors (Lipinski definition) is 1. The fourth-order valence-electron chi connectivity index (χ4n) is 5.67. The Morgan fingerprint density at radius 2 is 1.71 bits per heavy atom. The van der Waals surface area contributed by atoms with Gasteiger partial charge in [-0.2, -0.15) is 0 Å². The van der Waals surface area contributed by atoms with Gasteiger partial charge in [0, 0.05) is 29.6 Å². The SMILES string of the molecule is COC(=O)c1ccc([C@@H]2c3[nH]c4ccccc4c3C[C@H]3C(=O)N(Cc4ccc(OC)cc4)CC(=O)N23)cc1. The lowest BCUT2D eigenvalue weighted by molar-refractivity contribution is -0.159. The number of esters is 1. The van der Waals surface area contributed by atoms with Gasteiger partial charge in [-0.05, 0) is 47.0 Å². The van der Waals surface area contributed by atoms with Crippen LogP contribution in [-0.2, 0) is 27.3 Å². The first-order chi connectivity index (χ1) is 18.5. The molecule has 2 amide bonds. The number of nitrogens with zero attached hydrogens (tertiary/aromatic N) is 2. The number of carbonyl (C=O) groups is 3. The number of H-pyrrole nitrogens is 1. The van der Waals surface area contributed by atoms with E-state index in [9.17, 15) is 14.4 Å². The second-order valence-electron chi connectivity index (χ2n) is 9.64. The number of hydrogen-bond acceptors (Lipinski definition) is 5. The minimum absolute atomic E-state index is 0.00628. The van der Waals surface area contributed by atoms with Crippen LogP contribution in [0.5, 0.6) is 5.75 Å². The van der Waals surface area contributed by atoms with E-state index >= 15 is 0 Å². The molecule has 4 aromatic rings. The van der Waals surface area contributed by atoms with E-state index in [0.29, 0.717) is 18.5 Å². The summed E-state index contributed by atoms with van der Waals surface area (Å²) in [5.41, 5.74) is 5.07. The molecule has 3 heterocycles. The quantitative estimate of drug-likeness (QED) is 0.413. The monoisotopic (exact) mass is 509 g/mol. The first kappa shape index (κ1) is 23.8. The van der Waals surface area contributed by atoms with Crippen LogP contribution in [0.1, 0.15) is 38.8 Å². The predicted octanol–water partition coefficient (Wildman–Crippen LogP) is 3.85. The number of ether oxygens (including phenoxy) is 2. The van der Waals surface area contributed by atoms with Gasteiger partial charge in [-0.3, -0.25) is 9.59 Å². The summed E-state index contributed by atoms with van der Waals surface area (Å²) in [7, 11) is 2.95. The van der Waals surface area contributed by atoms with Crippen molar-refractivity contribution >= 4 is 28.7 Å². The zero-order chi connectivity index (χ0) is 26.4. The second-order valence-corrected chi connectivity index (χ2v) is 9.64. The maximum atomic E-state index is 13.9. The normalized spacial score (nSPS) is 18.8. The van der Waals surface area contributed by atoms with E-state index in [-0.39, 0.29) is 18.4 Å². The van der Waals surface area contributed by atoms with Crippen LogP contribution in [0.3, 0.4) is 0 Å². The number of fused-ring (bicyclic) bond motifs is 4. The maximum absolute atomic E-state index is 13.9. The largest absolute Gasteiger partial charge is 0.497 e. The molecule has 2 atom stereocenters. The van der Waals surface area contributed by atoms with Crippen LogP contribution in [0.2, 0.25) is 0 Å². The Hall–Kier alpha value is -4.59. The number of piperazine rings is 1. The third-order valence-corrected chi connectivity index (χ3v) is 7.52. The Morgan fingerprint density at radius 3 is 2.42 bits per heavy atom. The first-order valence-electron chi connectivity index (χ1n) is 12.5. The van der Waals surface area contributed by atoms with Gasteiger partial charge in [0.15, 0.2) is 0 Å². The number of aromatic amines is 1. The molecule has 0 unspecified atom stereocenters. The minimum atomic E-state index is -0.633. The fraction of sp³-hybridized carbons (Fsp3) is 0.233. The minimum Gasteiger partial charge on any atom is -0.497 e. The number of nitrogens with one attached hydrogen (secondary N) is 1. The van der Waals surface area contributed by atoms with Gasteiger partial charge in [0.2, 0.25) is 11.8 Å². The Bertz CT molecular complexity index is 1540. The van der Waals surface area contributed by atoms with E-state index in [1.165, 1.54) is 7.11 Å². The molecule has 2 aliphatic rings. The topological polar surface area (TPSA) is 91.9 Å². The predicted molar refractivity (Wildman–Crippen MR) is 141 cm³/mol. The van der Waals surface area contributed by atoms with E-state index in [4.69, 9.17) is 9.47 Å². The van der Waals surface area contributed by atoms with Crippen LogP contribution in [0, 0.1) is 0 Å². The van der Waals surface area contributed by atoms with Crippen molar-refractivity contribution in [2.45, 2.75) is 25.0 Å². The highest BCUT2D eigenvalue weighted by atomic mass is 16.5. The molecule has 8 heteroatoms. The van der Waals surface area contributed by atoms with E-state index in [1.807, 2.05) is 60.7 Å². The van der Waals surface area contributed by atoms with Crippen molar-refractivity contribution < 1.29 is 23.9 Å². The fourth-order valence-corrected chi connectivity index (χ4v) is 5.67. The summed E-state index contributed by atoms with van der Waals surface area (Å²) in [5.74, 6) is 0.117. The molecule has 3 aromatic carbocycles. The van der Waals surface area contributed by atoms with Crippen LogP contribution in [-0.4, -0.2) is 59.4 Å². The average Bonchev–Trinajstić information content (AvgIpc) is 3.33. The summed E-state index contributed by atoms with van der Waals surface area (Å²) in [6, 6.07) is 21.4. The highest BCUT2D eigenvalue weighted by Crippen LogP contribution is 2.42. The van der Waals surface area contributed by atoms with Crippen LogP contribution in [0.25, 0.3) is 10.9 Å². The molecule has 0 saturated carbocycles. The second kappa shape index (κ2) is 9.37. The van der Waals surface area contributed by atoms with Crippen molar-refractivity contribution in [3.05, 3.63) is 101 Å². The van der Waals surface area contributed by atoms with Crippen molar-refractivity contribution in [2.75, 3.05) is 20.8 Å². The Morgan fingerprint density at radius 1 is 0.974 bits per heavy atom. The highest BCUT2D eigenvalue weighted by Gasteiger charge is 2.48. The molecule has 1 aromatic heterocycles. The van der Waals surface area contributed by atoms with Gasteiger partial charge >= 0.3 is 5.97 Å². The van der Waals surface area contributed by atoms with Crippen LogP contribution in [0.15, 0.2) is 72.8 Å². The van der Waals surface area contributed by atoms with E-state index in [1.54, 1.807) is 29.0 Å². The van der Waals surface area contributed by atoms with E-state index in [2.05, 4.69) is 4.98 Å². The van der Waals surface area contributed by atoms with Crippen LogP contribution >= 0.6 is 0 Å². The van der Waals surface area contributed by atoms with E-state index < -0.39 is 18.1 Å². The summed E-state index contributed by atoms with van der Waals surface area (Å²) >= 11 is 0. The molecule has 2 aliphatic heterocycles. The molecule has 1 saturated heterocycles. The Balaban J connectivity index is 1.40. The summed E-state index contributed by atoms with van der Waals surface area (Å²) in [5, 5.41) is 1.05. The van der Waals surface area contributed by atoms with Crippen molar-refractivity contribution in [2.24, 2.45) is 0 Å². The highest BCUT2D eigenvalue weighted by molar-refractivity contribution is 5.97. The third kappa shape index (κ3) is 3.89. The van der Waals surface area contributed by atoms with E-state index in [0.717, 1.165) is 39.0 Å². The lowest BCUT2D eigenvalue weighted by atomic mass is 9.86. The molecule has 8 nitrogen and oxygen atoms in total. The average molecular weight is 510 g/mol. The number of aromatic nitrogens is 1. The lowest BCUT2D eigenvalue weighted by Gasteiger charge is -2.47. The molecule has 0 aliphatic carbocycles. The molecule has 1 fully saturated rings. The number of carbonyl (C=O) groups excluding carboxylic acids is 3. The molecule has 0 radical (unpaired) electrons. The number of methoxy groups -OCH3 is 2. The summed E-state index contributed by atoms with van der Waals surface area (Å²) < 4.78 is 10.1. The van der Waals surface area contributed by atoms with Gasteiger partial charge in [0.1, 0.15) is 18.3 Å². The first-order valence-corrected chi connectivity index (χ1v) is 12.5. The molecule has 0 bridgehead atoms. The van der Waals surface area contributed by atoms with Gasteiger partial charge in [0.25, 0.3) is 0 Å². The van der Waals surface area contributed by atoms with Gasteiger partial charge in [0.05, 0.1) is 25.8 Å². The number of benzene rings is 3. The third-order valence-electron chi connectivity index (χ3n) is 7.52. The smallest absolute Gasteiger partial charge is 0.337 e. The number of rotatable bonds is 5. The van der Waals surface area contributed by atoms with Crippen molar-refractivity contribution in [1.29, 1.82) is 0 Å². The van der Waals surface area contributed by atoms with Gasteiger partial charge in [-0.25, -0.2) is 4.79 Å². The van der Waals surface area contributed by atoms with Crippen molar-refractivity contribution in [3.8, 4) is 5.75 Å².